The van der Waals surface area contributed by atoms with Gasteiger partial charge in [-0.15, -0.1) is 23.4 Å². The smallest absolute Gasteiger partial charge is 0.288 e. The zero-order chi connectivity index (χ0) is 22.1. The molecule has 0 fully saturated rings. The second kappa shape index (κ2) is 9.15. The Balaban J connectivity index is 1.92. The normalized spacial score (nSPS) is 19.9. The summed E-state index contributed by atoms with van der Waals surface area (Å²) in [6.07, 6.45) is -4.67. The van der Waals surface area contributed by atoms with E-state index in [2.05, 4.69) is 4.99 Å². The Morgan fingerprint density at radius 2 is 1.80 bits per heavy atom. The van der Waals surface area contributed by atoms with Gasteiger partial charge in [0.25, 0.3) is 0 Å². The van der Waals surface area contributed by atoms with E-state index in [1.54, 1.807) is 5.41 Å². The number of allylic oxidation sites excluding steroid dienone is 1. The van der Waals surface area contributed by atoms with Crippen LogP contribution >= 0.6 is 46.6 Å². The summed E-state index contributed by atoms with van der Waals surface area (Å²) in [5.41, 5.74) is 4.27. The lowest BCUT2D eigenvalue weighted by Crippen LogP contribution is -2.37. The summed E-state index contributed by atoms with van der Waals surface area (Å²) in [6.45, 7) is 4.28. The van der Waals surface area contributed by atoms with Gasteiger partial charge >= 0.3 is 6.18 Å². The van der Waals surface area contributed by atoms with Crippen LogP contribution in [0.2, 0.25) is 10.0 Å². The highest BCUT2D eigenvalue weighted by atomic mass is 35.5. The first-order chi connectivity index (χ1) is 14.1. The van der Waals surface area contributed by atoms with Crippen molar-refractivity contribution in [3.05, 3.63) is 74.1 Å². The SMILES string of the molecule is CC(CCl)=NCc1ccc(C2=CSC(c3cc(Cl)cc(Cl)c3)(C(F)(F)F)C2)cc1C. The molecule has 0 saturated carbocycles. The van der Waals surface area contributed by atoms with Gasteiger partial charge < -0.3 is 0 Å². The molecule has 0 spiro atoms. The molecule has 1 aliphatic heterocycles. The van der Waals surface area contributed by atoms with Crippen molar-refractivity contribution in [1.29, 1.82) is 0 Å². The fraction of sp³-hybridized carbons (Fsp3) is 0.318. The maximum absolute atomic E-state index is 14.2. The van der Waals surface area contributed by atoms with Crippen LogP contribution in [0.3, 0.4) is 0 Å². The lowest BCUT2D eigenvalue weighted by Gasteiger charge is -2.32. The minimum atomic E-state index is -4.48. The minimum absolute atomic E-state index is 0.0583. The van der Waals surface area contributed by atoms with E-state index in [0.717, 1.165) is 34.2 Å². The van der Waals surface area contributed by atoms with Crippen LogP contribution in [0.25, 0.3) is 5.57 Å². The van der Waals surface area contributed by atoms with E-state index in [9.17, 15) is 13.2 Å². The molecule has 0 saturated heterocycles. The molecular weight excluding hydrogens is 474 g/mol. The number of aryl methyl sites for hydroxylation is 1. The first-order valence-electron chi connectivity index (χ1n) is 9.11. The molecule has 0 aliphatic carbocycles. The molecule has 2 aromatic carbocycles. The molecule has 8 heteroatoms. The van der Waals surface area contributed by atoms with Crippen LogP contribution in [0.1, 0.15) is 35.6 Å². The highest BCUT2D eigenvalue weighted by Gasteiger charge is 2.58. The van der Waals surface area contributed by atoms with E-state index in [1.807, 2.05) is 32.0 Å². The Labute approximate surface area is 193 Å². The topological polar surface area (TPSA) is 12.4 Å². The van der Waals surface area contributed by atoms with Crippen LogP contribution in [-0.2, 0) is 11.3 Å². The quantitative estimate of drug-likeness (QED) is 0.301. The number of hydrogen-bond acceptors (Lipinski definition) is 2. The van der Waals surface area contributed by atoms with E-state index in [4.69, 9.17) is 34.8 Å². The van der Waals surface area contributed by atoms with Crippen LogP contribution in [-0.4, -0.2) is 17.8 Å². The number of rotatable bonds is 5. The fourth-order valence-corrected chi connectivity index (χ4v) is 5.12. The minimum Gasteiger partial charge on any atom is -0.288 e. The van der Waals surface area contributed by atoms with Gasteiger partial charge in [0.05, 0.1) is 12.4 Å². The van der Waals surface area contributed by atoms with E-state index in [0.29, 0.717) is 18.0 Å². The zero-order valence-corrected chi connectivity index (χ0v) is 19.4. The van der Waals surface area contributed by atoms with Crippen LogP contribution in [0.4, 0.5) is 13.2 Å². The Morgan fingerprint density at radius 1 is 1.13 bits per heavy atom. The van der Waals surface area contributed by atoms with Crippen molar-refractivity contribution in [2.45, 2.75) is 37.7 Å². The predicted molar refractivity (Wildman–Crippen MR) is 123 cm³/mol. The maximum atomic E-state index is 14.2. The van der Waals surface area contributed by atoms with Crippen molar-refractivity contribution in [3.63, 3.8) is 0 Å². The molecule has 0 N–H and O–H groups in total. The number of alkyl halides is 4. The van der Waals surface area contributed by atoms with Crippen molar-refractivity contribution in [3.8, 4) is 0 Å². The summed E-state index contributed by atoms with van der Waals surface area (Å²) in [5, 5.41) is 1.96. The molecule has 0 bridgehead atoms. The molecule has 2 aromatic rings. The van der Waals surface area contributed by atoms with E-state index in [1.165, 1.54) is 18.2 Å². The summed E-state index contributed by atoms with van der Waals surface area (Å²) in [7, 11) is 0. The first-order valence-corrected chi connectivity index (χ1v) is 11.3. The van der Waals surface area contributed by atoms with Gasteiger partial charge in [-0.1, -0.05) is 41.4 Å². The standard InChI is InChI=1S/C22H19Cl3F3NS/c1-13-5-15(3-4-16(13)11-29-14(2)10-23)17-9-21(30-12-17,22(26,27)28)18-6-19(24)8-20(25)7-18/h3-8,12H,9-11H2,1-2H3. The maximum Gasteiger partial charge on any atom is 0.407 e. The summed E-state index contributed by atoms with van der Waals surface area (Å²) in [6, 6.07) is 9.78. The molecule has 1 unspecified atom stereocenters. The van der Waals surface area contributed by atoms with Gasteiger partial charge in [0.15, 0.2) is 0 Å². The Morgan fingerprint density at radius 3 is 2.37 bits per heavy atom. The Kier molecular flexibility index (Phi) is 7.18. The van der Waals surface area contributed by atoms with Gasteiger partial charge in [-0.3, -0.25) is 4.99 Å². The molecule has 3 rings (SSSR count). The lowest BCUT2D eigenvalue weighted by atomic mass is 9.88. The molecule has 0 amide bonds. The number of halogens is 6. The van der Waals surface area contributed by atoms with Crippen LogP contribution in [0, 0.1) is 6.92 Å². The van der Waals surface area contributed by atoms with Gasteiger partial charge in [-0.2, -0.15) is 13.2 Å². The fourth-order valence-electron chi connectivity index (χ4n) is 3.32. The molecule has 0 aromatic heterocycles. The molecule has 1 nitrogen and oxygen atoms in total. The average molecular weight is 493 g/mol. The third-order valence-electron chi connectivity index (χ3n) is 5.05. The molecule has 160 valence electrons. The average Bonchev–Trinajstić information content (AvgIpc) is 3.13. The highest BCUT2D eigenvalue weighted by Crippen LogP contribution is 2.60. The first kappa shape index (κ1) is 23.5. The number of benzene rings is 2. The van der Waals surface area contributed by atoms with Gasteiger partial charge in [-0.05, 0) is 65.3 Å². The summed E-state index contributed by atoms with van der Waals surface area (Å²) in [5.74, 6) is 0.369. The largest absolute Gasteiger partial charge is 0.407 e. The van der Waals surface area contributed by atoms with Crippen molar-refractivity contribution >= 4 is 57.8 Å². The van der Waals surface area contributed by atoms with E-state index >= 15 is 0 Å². The summed E-state index contributed by atoms with van der Waals surface area (Å²) < 4.78 is 40.6. The molecule has 0 radical (unpaired) electrons. The molecular formula is C22H19Cl3F3NS. The second-order valence-corrected chi connectivity index (χ2v) is 9.56. The van der Waals surface area contributed by atoms with Crippen molar-refractivity contribution < 1.29 is 13.2 Å². The van der Waals surface area contributed by atoms with E-state index < -0.39 is 10.9 Å². The van der Waals surface area contributed by atoms with Gasteiger partial charge in [0, 0.05) is 22.2 Å². The van der Waals surface area contributed by atoms with Crippen molar-refractivity contribution in [2.24, 2.45) is 4.99 Å². The summed E-state index contributed by atoms with van der Waals surface area (Å²) in [4.78, 5) is 4.40. The van der Waals surface area contributed by atoms with Crippen LogP contribution in [0.5, 0.6) is 0 Å². The molecule has 30 heavy (non-hydrogen) atoms. The number of hydrogen-bond donors (Lipinski definition) is 0. The third-order valence-corrected chi connectivity index (χ3v) is 7.29. The predicted octanol–water partition coefficient (Wildman–Crippen LogP) is 8.44. The lowest BCUT2D eigenvalue weighted by molar-refractivity contribution is -0.160. The van der Waals surface area contributed by atoms with Crippen molar-refractivity contribution in [1.82, 2.24) is 0 Å². The zero-order valence-electron chi connectivity index (χ0n) is 16.3. The number of thioether (sulfide) groups is 1. The molecule has 1 heterocycles. The Hall–Kier alpha value is -1.14. The molecule has 1 atom stereocenters. The number of nitrogens with zero attached hydrogens (tertiary/aromatic N) is 1. The van der Waals surface area contributed by atoms with Crippen LogP contribution in [0.15, 0.2) is 46.8 Å². The van der Waals surface area contributed by atoms with Gasteiger partial charge in [0.2, 0.25) is 0 Å². The second-order valence-electron chi connectivity index (χ2n) is 7.25. The van der Waals surface area contributed by atoms with E-state index in [-0.39, 0.29) is 22.0 Å². The molecule has 1 aliphatic rings. The summed E-state index contributed by atoms with van der Waals surface area (Å²) >= 11 is 18.5. The Bertz CT molecular complexity index is 997. The highest BCUT2D eigenvalue weighted by molar-refractivity contribution is 8.03. The van der Waals surface area contributed by atoms with Gasteiger partial charge in [-0.25, -0.2) is 0 Å². The third kappa shape index (κ3) is 4.85. The van der Waals surface area contributed by atoms with Crippen molar-refractivity contribution in [2.75, 3.05) is 5.88 Å². The monoisotopic (exact) mass is 491 g/mol. The van der Waals surface area contributed by atoms with Crippen LogP contribution < -0.4 is 0 Å². The van der Waals surface area contributed by atoms with Gasteiger partial charge in [0.1, 0.15) is 4.75 Å². The number of aliphatic imine (C=N–C) groups is 1.